The van der Waals surface area contributed by atoms with Crippen LogP contribution in [0.3, 0.4) is 0 Å². The lowest BCUT2D eigenvalue weighted by atomic mass is 10.1. The number of anilines is 1. The average Bonchev–Trinajstić information content (AvgIpc) is 2.46. The van der Waals surface area contributed by atoms with Crippen LogP contribution in [0.1, 0.15) is 10.4 Å². The van der Waals surface area contributed by atoms with Gasteiger partial charge in [-0.2, -0.15) is 0 Å². The third kappa shape index (κ3) is 2.63. The van der Waals surface area contributed by atoms with Gasteiger partial charge in [0.05, 0.1) is 11.2 Å². The van der Waals surface area contributed by atoms with E-state index in [2.05, 4.69) is 10.3 Å². The van der Waals surface area contributed by atoms with Crippen molar-refractivity contribution >= 4 is 34.1 Å². The zero-order chi connectivity index (χ0) is 15.7. The minimum absolute atomic E-state index is 0.288. The molecule has 0 fully saturated rings. The lowest BCUT2D eigenvalue weighted by Crippen LogP contribution is -2.16. The second-order valence-corrected chi connectivity index (χ2v) is 5.02. The molecule has 0 aliphatic carbocycles. The van der Waals surface area contributed by atoms with E-state index in [1.54, 1.807) is 24.4 Å². The van der Waals surface area contributed by atoms with Gasteiger partial charge in [0.2, 0.25) is 0 Å². The van der Waals surface area contributed by atoms with Gasteiger partial charge >= 0.3 is 0 Å². The number of hydrogen-bond acceptors (Lipinski definition) is 2. The molecule has 110 valence electrons. The summed E-state index contributed by atoms with van der Waals surface area (Å²) < 4.78 is 27.3. The summed E-state index contributed by atoms with van der Waals surface area (Å²) in [6.07, 6.45) is 1.55. The Bertz CT molecular complexity index is 863. The molecule has 22 heavy (non-hydrogen) atoms. The molecule has 1 aromatic heterocycles. The fourth-order valence-corrected chi connectivity index (χ4v) is 2.38. The molecule has 0 aliphatic rings. The van der Waals surface area contributed by atoms with Crippen molar-refractivity contribution in [3.05, 3.63) is 70.9 Å². The molecular weight excluding hydrogens is 310 g/mol. The van der Waals surface area contributed by atoms with Crippen LogP contribution in [0.15, 0.2) is 48.7 Å². The van der Waals surface area contributed by atoms with Gasteiger partial charge in [0, 0.05) is 16.6 Å². The van der Waals surface area contributed by atoms with E-state index in [4.69, 9.17) is 11.6 Å². The Morgan fingerprint density at radius 1 is 1.09 bits per heavy atom. The summed E-state index contributed by atoms with van der Waals surface area (Å²) in [7, 11) is 0. The normalized spacial score (nSPS) is 10.7. The summed E-state index contributed by atoms with van der Waals surface area (Å²) in [5.41, 5.74) is 0.124. The van der Waals surface area contributed by atoms with E-state index in [1.807, 2.05) is 0 Å². The maximum atomic E-state index is 13.7. The average molecular weight is 319 g/mol. The van der Waals surface area contributed by atoms with Crippen molar-refractivity contribution in [2.45, 2.75) is 0 Å². The Kier molecular flexibility index (Phi) is 3.73. The Balaban J connectivity index is 2.05. The molecule has 0 radical (unpaired) electrons. The summed E-state index contributed by atoms with van der Waals surface area (Å²) in [6, 6.07) is 9.89. The van der Waals surface area contributed by atoms with E-state index in [0.717, 1.165) is 12.1 Å². The summed E-state index contributed by atoms with van der Waals surface area (Å²) >= 11 is 5.99. The molecule has 1 amide bonds. The minimum Gasteiger partial charge on any atom is -0.320 e. The Morgan fingerprint density at radius 3 is 2.55 bits per heavy atom. The van der Waals surface area contributed by atoms with E-state index in [9.17, 15) is 13.6 Å². The third-order valence-corrected chi connectivity index (χ3v) is 3.33. The molecular formula is C16H9ClF2N2O. The van der Waals surface area contributed by atoms with Crippen LogP contribution in [0, 0.1) is 11.6 Å². The summed E-state index contributed by atoms with van der Waals surface area (Å²) in [6.45, 7) is 0. The molecule has 3 aromatic rings. The zero-order valence-electron chi connectivity index (χ0n) is 11.1. The smallest absolute Gasteiger partial charge is 0.261 e. The highest BCUT2D eigenvalue weighted by Crippen LogP contribution is 2.27. The van der Waals surface area contributed by atoms with Gasteiger partial charge in [0.15, 0.2) is 0 Å². The lowest BCUT2D eigenvalue weighted by molar-refractivity contribution is 0.101. The van der Waals surface area contributed by atoms with Crippen molar-refractivity contribution in [3.8, 4) is 0 Å². The quantitative estimate of drug-likeness (QED) is 0.760. The molecule has 2 aromatic carbocycles. The van der Waals surface area contributed by atoms with Crippen LogP contribution in [-0.2, 0) is 0 Å². The molecule has 1 N–H and O–H groups in total. The van der Waals surface area contributed by atoms with E-state index in [1.165, 1.54) is 12.1 Å². The van der Waals surface area contributed by atoms with Gasteiger partial charge in [-0.3, -0.25) is 9.78 Å². The van der Waals surface area contributed by atoms with Crippen molar-refractivity contribution in [1.82, 2.24) is 4.98 Å². The highest BCUT2D eigenvalue weighted by molar-refractivity contribution is 6.32. The third-order valence-electron chi connectivity index (χ3n) is 3.11. The number of aromatic nitrogens is 1. The molecule has 0 spiro atoms. The molecule has 0 aliphatic heterocycles. The molecule has 3 nitrogen and oxygen atoms in total. The number of fused-ring (bicyclic) bond motifs is 1. The molecule has 3 rings (SSSR count). The molecule has 0 saturated carbocycles. The van der Waals surface area contributed by atoms with Crippen molar-refractivity contribution in [2.24, 2.45) is 0 Å². The van der Waals surface area contributed by atoms with Crippen LogP contribution in [0.4, 0.5) is 14.5 Å². The van der Waals surface area contributed by atoms with Crippen LogP contribution < -0.4 is 5.32 Å². The van der Waals surface area contributed by atoms with Crippen molar-refractivity contribution < 1.29 is 13.6 Å². The Hall–Kier alpha value is -2.53. The maximum absolute atomic E-state index is 13.7. The van der Waals surface area contributed by atoms with Crippen LogP contribution in [0.2, 0.25) is 5.02 Å². The van der Waals surface area contributed by atoms with Crippen molar-refractivity contribution in [3.63, 3.8) is 0 Å². The number of pyridine rings is 1. The predicted molar refractivity (Wildman–Crippen MR) is 81.1 cm³/mol. The van der Waals surface area contributed by atoms with Crippen molar-refractivity contribution in [1.29, 1.82) is 0 Å². The largest absolute Gasteiger partial charge is 0.320 e. The lowest BCUT2D eigenvalue weighted by Gasteiger charge is -2.10. The van der Waals surface area contributed by atoms with E-state index in [-0.39, 0.29) is 5.69 Å². The number of carbonyl (C=O) groups excluding carboxylic acids is 1. The first-order chi connectivity index (χ1) is 10.6. The Morgan fingerprint density at radius 2 is 1.82 bits per heavy atom. The summed E-state index contributed by atoms with van der Waals surface area (Å²) in [5.74, 6) is -2.77. The van der Waals surface area contributed by atoms with E-state index in [0.29, 0.717) is 15.9 Å². The molecule has 0 atom stereocenters. The van der Waals surface area contributed by atoms with E-state index < -0.39 is 23.1 Å². The first kappa shape index (κ1) is 14.4. The maximum Gasteiger partial charge on any atom is 0.261 e. The van der Waals surface area contributed by atoms with E-state index >= 15 is 0 Å². The summed E-state index contributed by atoms with van der Waals surface area (Å²) in [5, 5.41) is 3.54. The first-order valence-electron chi connectivity index (χ1n) is 6.36. The number of benzene rings is 2. The van der Waals surface area contributed by atoms with Crippen LogP contribution in [-0.4, -0.2) is 10.9 Å². The van der Waals surface area contributed by atoms with Gasteiger partial charge in [-0.1, -0.05) is 23.7 Å². The van der Waals surface area contributed by atoms with Gasteiger partial charge in [0.25, 0.3) is 5.91 Å². The van der Waals surface area contributed by atoms with Gasteiger partial charge < -0.3 is 5.32 Å². The number of carbonyl (C=O) groups is 1. The molecule has 0 unspecified atom stereocenters. The zero-order valence-corrected chi connectivity index (χ0v) is 11.9. The van der Waals surface area contributed by atoms with Gasteiger partial charge in [-0.05, 0) is 30.3 Å². The molecule has 0 bridgehead atoms. The highest BCUT2D eigenvalue weighted by atomic mass is 35.5. The van der Waals surface area contributed by atoms with Crippen molar-refractivity contribution in [2.75, 3.05) is 5.32 Å². The number of halogens is 3. The van der Waals surface area contributed by atoms with Gasteiger partial charge in [0.1, 0.15) is 17.2 Å². The van der Waals surface area contributed by atoms with Gasteiger partial charge in [-0.25, -0.2) is 8.78 Å². The standard InChI is InChI=1S/C16H9ClF2N2O/c17-10-7-9-3-2-6-20-15(9)13(8-10)21-16(22)14-11(18)4-1-5-12(14)19/h1-8H,(H,21,22). The monoisotopic (exact) mass is 318 g/mol. The van der Waals surface area contributed by atoms with Gasteiger partial charge in [-0.15, -0.1) is 0 Å². The number of nitrogens with one attached hydrogen (secondary N) is 1. The minimum atomic E-state index is -0.934. The van der Waals surface area contributed by atoms with Crippen LogP contribution >= 0.6 is 11.6 Å². The van der Waals surface area contributed by atoms with Crippen LogP contribution in [0.5, 0.6) is 0 Å². The second-order valence-electron chi connectivity index (χ2n) is 4.58. The highest BCUT2D eigenvalue weighted by Gasteiger charge is 2.18. The molecule has 1 heterocycles. The molecule has 6 heteroatoms. The SMILES string of the molecule is O=C(Nc1cc(Cl)cc2cccnc12)c1c(F)cccc1F. The number of hydrogen-bond donors (Lipinski definition) is 1. The fourth-order valence-electron chi connectivity index (χ4n) is 2.15. The fraction of sp³-hybridized carbons (Fsp3) is 0. The first-order valence-corrected chi connectivity index (χ1v) is 6.73. The number of nitrogens with zero attached hydrogens (tertiary/aromatic N) is 1. The predicted octanol–water partition coefficient (Wildman–Crippen LogP) is 4.42. The Labute approximate surface area is 129 Å². The summed E-state index contributed by atoms with van der Waals surface area (Å²) in [4.78, 5) is 16.3. The second kappa shape index (κ2) is 5.69. The number of rotatable bonds is 2. The topological polar surface area (TPSA) is 42.0 Å². The number of amides is 1. The van der Waals surface area contributed by atoms with Crippen LogP contribution in [0.25, 0.3) is 10.9 Å². The molecule has 0 saturated heterocycles.